The van der Waals surface area contributed by atoms with Crippen molar-refractivity contribution in [1.29, 1.82) is 0 Å². The van der Waals surface area contributed by atoms with Gasteiger partial charge in [0.2, 0.25) is 10.0 Å². The number of hydrogen-bond acceptors (Lipinski definition) is 7. The van der Waals surface area contributed by atoms with Gasteiger partial charge in [-0.1, -0.05) is 5.16 Å². The van der Waals surface area contributed by atoms with Crippen LogP contribution in [0.3, 0.4) is 0 Å². The molecule has 0 N–H and O–H groups in total. The molecule has 3 aromatic heterocycles. The number of nitrogens with zero attached hydrogens (tertiary/aromatic N) is 6. The third-order valence-corrected chi connectivity index (χ3v) is 6.06. The lowest BCUT2D eigenvalue weighted by Gasteiger charge is -2.34. The summed E-state index contributed by atoms with van der Waals surface area (Å²) in [6.07, 6.45) is 4.90. The first kappa shape index (κ1) is 16.0. The van der Waals surface area contributed by atoms with Crippen LogP contribution in [0.15, 0.2) is 35.3 Å². The second-order valence-electron chi connectivity index (χ2n) is 6.00. The predicted octanol–water partition coefficient (Wildman–Crippen LogP) is 0.678. The Hall–Kier alpha value is -2.46. The van der Waals surface area contributed by atoms with E-state index in [9.17, 15) is 8.42 Å². The molecule has 0 amide bonds. The van der Waals surface area contributed by atoms with Crippen molar-refractivity contribution in [1.82, 2.24) is 24.1 Å². The molecule has 0 spiro atoms. The van der Waals surface area contributed by atoms with Crippen molar-refractivity contribution in [2.24, 2.45) is 0 Å². The summed E-state index contributed by atoms with van der Waals surface area (Å²) in [5.41, 5.74) is 2.27. The van der Waals surface area contributed by atoms with Crippen molar-refractivity contribution < 1.29 is 12.9 Å². The standard InChI is InChI=1S/C15H18N6O3S/c1-12-10-14-15(16-3-4-21(14)17-12)19-5-7-20(8-6-19)25(22,23)11-13-2-9-24-18-13/h2-4,9-10H,5-8,11H2,1H3. The van der Waals surface area contributed by atoms with E-state index < -0.39 is 10.0 Å². The van der Waals surface area contributed by atoms with Crippen LogP contribution in [0, 0.1) is 6.92 Å². The number of fused-ring (bicyclic) bond motifs is 1. The monoisotopic (exact) mass is 362 g/mol. The highest BCUT2D eigenvalue weighted by Crippen LogP contribution is 2.22. The number of sulfonamides is 1. The predicted molar refractivity (Wildman–Crippen MR) is 90.6 cm³/mol. The van der Waals surface area contributed by atoms with Gasteiger partial charge in [-0.15, -0.1) is 0 Å². The van der Waals surface area contributed by atoms with E-state index >= 15 is 0 Å². The molecule has 1 fully saturated rings. The van der Waals surface area contributed by atoms with Gasteiger partial charge in [-0.2, -0.15) is 9.40 Å². The number of anilines is 1. The van der Waals surface area contributed by atoms with Crippen molar-refractivity contribution in [2.45, 2.75) is 12.7 Å². The SMILES string of the molecule is Cc1cc2c(N3CCN(S(=O)(=O)Cc4ccon4)CC3)nccn2n1. The molecule has 0 saturated carbocycles. The molecule has 132 valence electrons. The summed E-state index contributed by atoms with van der Waals surface area (Å²) in [6.45, 7) is 3.92. The van der Waals surface area contributed by atoms with Gasteiger partial charge in [0, 0.05) is 44.6 Å². The van der Waals surface area contributed by atoms with Crippen LogP contribution in [-0.4, -0.2) is 58.7 Å². The van der Waals surface area contributed by atoms with Gasteiger partial charge in [0.25, 0.3) is 0 Å². The van der Waals surface area contributed by atoms with Gasteiger partial charge >= 0.3 is 0 Å². The molecule has 4 heterocycles. The first-order chi connectivity index (χ1) is 12.0. The average molecular weight is 362 g/mol. The maximum absolute atomic E-state index is 12.5. The van der Waals surface area contributed by atoms with Crippen molar-refractivity contribution >= 4 is 21.4 Å². The molecule has 9 nitrogen and oxygen atoms in total. The van der Waals surface area contributed by atoms with E-state index in [0.29, 0.717) is 31.9 Å². The minimum Gasteiger partial charge on any atom is -0.364 e. The van der Waals surface area contributed by atoms with Gasteiger partial charge in [-0.3, -0.25) is 0 Å². The van der Waals surface area contributed by atoms with Crippen LogP contribution in [0.1, 0.15) is 11.4 Å². The molecular formula is C15H18N6O3S. The van der Waals surface area contributed by atoms with Crippen LogP contribution in [-0.2, 0) is 15.8 Å². The minimum absolute atomic E-state index is 0.140. The Morgan fingerprint density at radius 2 is 2.04 bits per heavy atom. The highest BCUT2D eigenvalue weighted by Gasteiger charge is 2.29. The topological polar surface area (TPSA) is 96.8 Å². The smallest absolute Gasteiger partial charge is 0.220 e. The Morgan fingerprint density at radius 1 is 1.24 bits per heavy atom. The Kier molecular flexibility index (Phi) is 3.92. The van der Waals surface area contributed by atoms with E-state index in [4.69, 9.17) is 4.52 Å². The molecule has 1 saturated heterocycles. The number of hydrogen-bond donors (Lipinski definition) is 0. The largest absolute Gasteiger partial charge is 0.364 e. The number of piperazine rings is 1. The van der Waals surface area contributed by atoms with Crippen LogP contribution in [0.4, 0.5) is 5.82 Å². The van der Waals surface area contributed by atoms with Crippen LogP contribution in [0.2, 0.25) is 0 Å². The summed E-state index contributed by atoms with van der Waals surface area (Å²) in [6, 6.07) is 3.55. The molecule has 0 unspecified atom stereocenters. The van der Waals surface area contributed by atoms with Crippen molar-refractivity contribution in [2.75, 3.05) is 31.1 Å². The molecule has 3 aromatic rings. The van der Waals surface area contributed by atoms with E-state index in [1.807, 2.05) is 19.2 Å². The van der Waals surface area contributed by atoms with E-state index in [0.717, 1.165) is 17.0 Å². The molecule has 25 heavy (non-hydrogen) atoms. The zero-order chi connectivity index (χ0) is 17.4. The third-order valence-electron chi connectivity index (χ3n) is 4.24. The zero-order valence-corrected chi connectivity index (χ0v) is 14.6. The molecule has 10 heteroatoms. The summed E-state index contributed by atoms with van der Waals surface area (Å²) in [4.78, 5) is 6.56. The van der Waals surface area contributed by atoms with E-state index in [-0.39, 0.29) is 5.75 Å². The molecule has 1 aliphatic heterocycles. The first-order valence-electron chi connectivity index (χ1n) is 7.96. The van der Waals surface area contributed by atoms with Gasteiger partial charge < -0.3 is 9.42 Å². The van der Waals surface area contributed by atoms with Crippen molar-refractivity contribution in [3.05, 3.63) is 42.2 Å². The van der Waals surface area contributed by atoms with Crippen LogP contribution >= 0.6 is 0 Å². The van der Waals surface area contributed by atoms with Crippen molar-refractivity contribution in [3.63, 3.8) is 0 Å². The normalized spacial score (nSPS) is 16.6. The maximum Gasteiger partial charge on any atom is 0.220 e. The number of aryl methyl sites for hydroxylation is 1. The van der Waals surface area contributed by atoms with E-state index in [1.54, 1.807) is 16.8 Å². The Labute approximate surface area is 144 Å². The fourth-order valence-electron chi connectivity index (χ4n) is 3.04. The summed E-state index contributed by atoms with van der Waals surface area (Å²) in [7, 11) is -3.40. The Balaban J connectivity index is 1.49. The number of rotatable bonds is 4. The Morgan fingerprint density at radius 3 is 2.76 bits per heavy atom. The van der Waals surface area contributed by atoms with Gasteiger partial charge in [0.05, 0.1) is 11.4 Å². The van der Waals surface area contributed by atoms with Gasteiger partial charge in [0.1, 0.15) is 17.5 Å². The zero-order valence-electron chi connectivity index (χ0n) is 13.7. The Bertz CT molecular complexity index is 974. The lowest BCUT2D eigenvalue weighted by molar-refractivity contribution is 0.381. The lowest BCUT2D eigenvalue weighted by atomic mass is 10.3. The molecule has 0 atom stereocenters. The molecular weight excluding hydrogens is 344 g/mol. The molecule has 1 aliphatic rings. The maximum atomic E-state index is 12.5. The van der Waals surface area contributed by atoms with Gasteiger partial charge in [-0.25, -0.2) is 17.9 Å². The summed E-state index contributed by atoms with van der Waals surface area (Å²) in [5, 5.41) is 8.08. The second kappa shape index (κ2) is 6.12. The highest BCUT2D eigenvalue weighted by molar-refractivity contribution is 7.88. The third kappa shape index (κ3) is 3.10. The summed E-state index contributed by atoms with van der Waals surface area (Å²) >= 11 is 0. The molecule has 0 aliphatic carbocycles. The van der Waals surface area contributed by atoms with Crippen LogP contribution in [0.25, 0.3) is 5.52 Å². The molecule has 0 radical (unpaired) electrons. The lowest BCUT2D eigenvalue weighted by Crippen LogP contribution is -2.49. The van der Waals surface area contributed by atoms with Crippen LogP contribution in [0.5, 0.6) is 0 Å². The fourth-order valence-corrected chi connectivity index (χ4v) is 4.47. The van der Waals surface area contributed by atoms with E-state index in [1.165, 1.54) is 10.6 Å². The number of aromatic nitrogens is 4. The fraction of sp³-hybridized carbons (Fsp3) is 0.400. The van der Waals surface area contributed by atoms with Gasteiger partial charge in [-0.05, 0) is 13.0 Å². The molecule has 4 rings (SSSR count). The average Bonchev–Trinajstić information content (AvgIpc) is 3.22. The minimum atomic E-state index is -3.40. The summed E-state index contributed by atoms with van der Waals surface area (Å²) in [5.74, 6) is 0.690. The molecule has 0 bridgehead atoms. The van der Waals surface area contributed by atoms with E-state index in [2.05, 4.69) is 20.1 Å². The molecule has 0 aromatic carbocycles. The van der Waals surface area contributed by atoms with Crippen LogP contribution < -0.4 is 4.90 Å². The second-order valence-corrected chi connectivity index (χ2v) is 7.97. The highest BCUT2D eigenvalue weighted by atomic mass is 32.2. The van der Waals surface area contributed by atoms with Crippen molar-refractivity contribution in [3.8, 4) is 0 Å². The first-order valence-corrected chi connectivity index (χ1v) is 9.57. The quantitative estimate of drug-likeness (QED) is 0.673. The van der Waals surface area contributed by atoms with Gasteiger partial charge in [0.15, 0.2) is 5.82 Å². The summed E-state index contributed by atoms with van der Waals surface area (Å²) < 4.78 is 33.0.